The summed E-state index contributed by atoms with van der Waals surface area (Å²) in [6.07, 6.45) is 6.53. The molecule has 0 N–H and O–H groups in total. The van der Waals surface area contributed by atoms with E-state index in [9.17, 15) is 14.9 Å². The first-order valence-electron chi connectivity index (χ1n) is 10.1. The van der Waals surface area contributed by atoms with E-state index in [1.54, 1.807) is 12.1 Å². The minimum absolute atomic E-state index is 0.0199. The van der Waals surface area contributed by atoms with Crippen LogP contribution in [0.15, 0.2) is 18.2 Å². The number of nitro groups is 1. The largest absolute Gasteiger partial charge is 0.465 e. The lowest BCUT2D eigenvalue weighted by Gasteiger charge is -2.34. The highest BCUT2D eigenvalue weighted by Gasteiger charge is 2.29. The maximum absolute atomic E-state index is 12.1. The number of rotatable bonds is 4. The normalized spacial score (nSPS) is 19.3. The first-order valence-corrected chi connectivity index (χ1v) is 10.1. The molecule has 9 nitrogen and oxygen atoms in total. The molecule has 1 saturated heterocycles. The molecule has 0 bridgehead atoms. The van der Waals surface area contributed by atoms with Crippen LogP contribution in [0.4, 0.5) is 11.4 Å². The van der Waals surface area contributed by atoms with Crippen LogP contribution in [0.2, 0.25) is 0 Å². The lowest BCUT2D eigenvalue weighted by Crippen LogP contribution is -2.35. The van der Waals surface area contributed by atoms with E-state index in [0.29, 0.717) is 0 Å². The Hall–Kier alpha value is -2.97. The number of hydrogen-bond acceptors (Lipinski definition) is 7. The lowest BCUT2D eigenvalue weighted by molar-refractivity contribution is -0.385. The Kier molecular flexibility index (Phi) is 5.46. The van der Waals surface area contributed by atoms with Crippen molar-refractivity contribution in [3.05, 3.63) is 45.5 Å². The molecule has 3 heterocycles. The van der Waals surface area contributed by atoms with Gasteiger partial charge in [-0.2, -0.15) is 0 Å². The summed E-state index contributed by atoms with van der Waals surface area (Å²) in [5.41, 5.74) is 0.529. The van der Waals surface area contributed by atoms with Crippen LogP contribution in [-0.2, 0) is 17.7 Å². The molecule has 0 saturated carbocycles. The SMILES string of the molecule is COC(=O)c1cc(N2CCC[C@H](c3nnc4n3CCCCC4)C2)ccc1[N+](=O)[O-]. The lowest BCUT2D eigenvalue weighted by atomic mass is 9.96. The third-order valence-corrected chi connectivity index (χ3v) is 5.87. The second-order valence-corrected chi connectivity index (χ2v) is 7.67. The summed E-state index contributed by atoms with van der Waals surface area (Å²) < 4.78 is 7.03. The predicted octanol–water partition coefficient (Wildman–Crippen LogP) is 3.08. The number of anilines is 1. The van der Waals surface area contributed by atoms with Gasteiger partial charge >= 0.3 is 5.97 Å². The standard InChI is InChI=1S/C20H25N5O4/c1-29-20(26)16-12-15(8-9-17(16)25(27)28)23-10-5-6-14(13-23)19-22-21-18-7-3-2-4-11-24(18)19/h8-9,12,14H,2-7,10-11,13H2,1H3/t14-/m0/s1. The van der Waals surface area contributed by atoms with E-state index >= 15 is 0 Å². The summed E-state index contributed by atoms with van der Waals surface area (Å²) in [5.74, 6) is 1.68. The van der Waals surface area contributed by atoms with Gasteiger partial charge < -0.3 is 14.2 Å². The van der Waals surface area contributed by atoms with E-state index in [0.717, 1.165) is 69.1 Å². The molecule has 29 heavy (non-hydrogen) atoms. The van der Waals surface area contributed by atoms with Crippen molar-refractivity contribution in [3.8, 4) is 0 Å². The molecule has 1 aromatic carbocycles. The number of aryl methyl sites for hydroxylation is 1. The Labute approximate surface area is 168 Å². The van der Waals surface area contributed by atoms with Gasteiger partial charge in [-0.15, -0.1) is 10.2 Å². The zero-order valence-electron chi connectivity index (χ0n) is 16.5. The van der Waals surface area contributed by atoms with Crippen LogP contribution in [0.3, 0.4) is 0 Å². The number of hydrogen-bond donors (Lipinski definition) is 0. The molecule has 0 aliphatic carbocycles. The average Bonchev–Trinajstić information content (AvgIpc) is 3.01. The van der Waals surface area contributed by atoms with Gasteiger partial charge in [0.25, 0.3) is 5.69 Å². The minimum atomic E-state index is -0.699. The number of carbonyl (C=O) groups excluding carboxylic acids is 1. The Morgan fingerprint density at radius 3 is 2.86 bits per heavy atom. The van der Waals surface area contributed by atoms with Crippen LogP contribution in [0.1, 0.15) is 60.0 Å². The predicted molar refractivity (Wildman–Crippen MR) is 106 cm³/mol. The third kappa shape index (κ3) is 3.81. The number of nitro benzene ring substituents is 1. The summed E-state index contributed by atoms with van der Waals surface area (Å²) >= 11 is 0. The van der Waals surface area contributed by atoms with Gasteiger partial charge in [0.1, 0.15) is 17.2 Å². The van der Waals surface area contributed by atoms with E-state index in [2.05, 4.69) is 19.7 Å². The Bertz CT molecular complexity index is 926. The van der Waals surface area contributed by atoms with E-state index in [-0.39, 0.29) is 17.2 Å². The second-order valence-electron chi connectivity index (χ2n) is 7.67. The summed E-state index contributed by atoms with van der Waals surface area (Å²) in [7, 11) is 1.23. The number of fused-ring (bicyclic) bond motifs is 1. The number of piperidine rings is 1. The molecule has 2 aromatic rings. The third-order valence-electron chi connectivity index (χ3n) is 5.87. The molecule has 2 aliphatic heterocycles. The number of carbonyl (C=O) groups is 1. The van der Waals surface area contributed by atoms with Gasteiger partial charge in [-0.05, 0) is 37.8 Å². The monoisotopic (exact) mass is 399 g/mol. The van der Waals surface area contributed by atoms with Crippen LogP contribution in [0, 0.1) is 10.1 Å². The van der Waals surface area contributed by atoms with E-state index in [4.69, 9.17) is 4.74 Å². The Balaban J connectivity index is 1.60. The van der Waals surface area contributed by atoms with Crippen molar-refractivity contribution in [3.63, 3.8) is 0 Å². The highest BCUT2D eigenvalue weighted by atomic mass is 16.6. The second kappa shape index (κ2) is 8.18. The number of aromatic nitrogens is 3. The van der Waals surface area contributed by atoms with Gasteiger partial charge in [0, 0.05) is 43.7 Å². The molecular formula is C20H25N5O4. The van der Waals surface area contributed by atoms with Crippen LogP contribution >= 0.6 is 0 Å². The fourth-order valence-electron chi connectivity index (χ4n) is 4.39. The maximum Gasteiger partial charge on any atom is 0.344 e. The summed E-state index contributed by atoms with van der Waals surface area (Å²) in [6.45, 7) is 2.55. The first kappa shape index (κ1) is 19.4. The van der Waals surface area contributed by atoms with Crippen molar-refractivity contribution in [2.45, 2.75) is 51.0 Å². The van der Waals surface area contributed by atoms with Gasteiger partial charge in [0.05, 0.1) is 12.0 Å². The summed E-state index contributed by atoms with van der Waals surface area (Å²) in [6, 6.07) is 4.66. The highest BCUT2D eigenvalue weighted by Crippen LogP contribution is 2.32. The average molecular weight is 399 g/mol. The number of nitrogens with zero attached hydrogens (tertiary/aromatic N) is 5. The van der Waals surface area contributed by atoms with Gasteiger partial charge in [-0.3, -0.25) is 10.1 Å². The Morgan fingerprint density at radius 2 is 2.07 bits per heavy atom. The van der Waals surface area contributed by atoms with Crippen molar-refractivity contribution in [2.24, 2.45) is 0 Å². The van der Waals surface area contributed by atoms with Crippen LogP contribution in [0.5, 0.6) is 0 Å². The number of benzene rings is 1. The molecule has 154 valence electrons. The molecule has 0 spiro atoms. The molecule has 4 rings (SSSR count). The molecule has 9 heteroatoms. The van der Waals surface area contributed by atoms with Crippen molar-refractivity contribution in [1.29, 1.82) is 0 Å². The van der Waals surface area contributed by atoms with Gasteiger partial charge in [-0.25, -0.2) is 4.79 Å². The quantitative estimate of drug-likeness (QED) is 0.442. The number of ether oxygens (including phenoxy) is 1. The van der Waals surface area contributed by atoms with E-state index < -0.39 is 10.9 Å². The van der Waals surface area contributed by atoms with Gasteiger partial charge in [0.15, 0.2) is 0 Å². The molecule has 2 aliphatic rings. The molecular weight excluding hydrogens is 374 g/mol. The molecule has 1 fully saturated rings. The molecule has 0 amide bonds. The summed E-state index contributed by atoms with van der Waals surface area (Å²) in [5, 5.41) is 20.2. The fourth-order valence-corrected chi connectivity index (χ4v) is 4.39. The Morgan fingerprint density at radius 1 is 1.21 bits per heavy atom. The zero-order chi connectivity index (χ0) is 20.4. The van der Waals surface area contributed by atoms with Crippen molar-refractivity contribution in [2.75, 3.05) is 25.1 Å². The molecule has 1 aromatic heterocycles. The van der Waals surface area contributed by atoms with Crippen LogP contribution in [-0.4, -0.2) is 45.9 Å². The van der Waals surface area contributed by atoms with Gasteiger partial charge in [0.2, 0.25) is 0 Å². The molecule has 1 atom stereocenters. The van der Waals surface area contributed by atoms with Crippen molar-refractivity contribution < 1.29 is 14.5 Å². The van der Waals surface area contributed by atoms with E-state index in [1.807, 2.05) is 0 Å². The zero-order valence-corrected chi connectivity index (χ0v) is 16.5. The molecule has 0 unspecified atom stereocenters. The van der Waals surface area contributed by atoms with Crippen molar-refractivity contribution in [1.82, 2.24) is 14.8 Å². The maximum atomic E-state index is 12.1. The fraction of sp³-hybridized carbons (Fsp3) is 0.550. The first-order chi connectivity index (χ1) is 14.1. The van der Waals surface area contributed by atoms with Crippen LogP contribution < -0.4 is 4.90 Å². The topological polar surface area (TPSA) is 103 Å². The van der Waals surface area contributed by atoms with E-state index in [1.165, 1.54) is 19.6 Å². The number of esters is 1. The highest BCUT2D eigenvalue weighted by molar-refractivity contribution is 5.95. The number of methoxy groups -OCH3 is 1. The van der Waals surface area contributed by atoms with Crippen LogP contribution in [0.25, 0.3) is 0 Å². The minimum Gasteiger partial charge on any atom is -0.465 e. The molecule has 0 radical (unpaired) electrons. The summed E-state index contributed by atoms with van der Waals surface area (Å²) in [4.78, 5) is 24.9. The smallest absolute Gasteiger partial charge is 0.344 e. The van der Waals surface area contributed by atoms with Crippen molar-refractivity contribution >= 4 is 17.3 Å². The van der Waals surface area contributed by atoms with Gasteiger partial charge in [-0.1, -0.05) is 6.42 Å².